The van der Waals surface area contributed by atoms with Crippen LogP contribution in [-0.2, 0) is 31.4 Å². The number of benzene rings is 2. The van der Waals surface area contributed by atoms with Gasteiger partial charge in [0.25, 0.3) is 0 Å². The highest BCUT2D eigenvalue weighted by Crippen LogP contribution is 2.41. The number of carbonyl (C=O) groups is 2. The fraction of sp³-hybridized carbons (Fsp3) is 0.391. The summed E-state index contributed by atoms with van der Waals surface area (Å²) in [5, 5.41) is 2.78. The number of fused-ring (bicyclic) bond motifs is 1. The van der Waals surface area contributed by atoms with Crippen molar-refractivity contribution in [3.05, 3.63) is 59.7 Å². The van der Waals surface area contributed by atoms with E-state index in [1.807, 2.05) is 30.3 Å². The van der Waals surface area contributed by atoms with Gasteiger partial charge in [0.15, 0.2) is 0 Å². The van der Waals surface area contributed by atoms with Crippen LogP contribution in [0.3, 0.4) is 0 Å². The first-order valence-corrected chi connectivity index (χ1v) is 11.7. The zero-order valence-corrected chi connectivity index (χ0v) is 19.2. The molecule has 0 saturated carbocycles. The predicted octanol–water partition coefficient (Wildman–Crippen LogP) is 2.31. The van der Waals surface area contributed by atoms with Crippen molar-refractivity contribution in [3.63, 3.8) is 0 Å². The highest BCUT2D eigenvalue weighted by molar-refractivity contribution is 7.89. The second-order valence-electron chi connectivity index (χ2n) is 8.37. The molecule has 0 fully saturated rings. The van der Waals surface area contributed by atoms with Gasteiger partial charge < -0.3 is 10.2 Å². The Balaban J connectivity index is 1.61. The van der Waals surface area contributed by atoms with E-state index in [1.54, 1.807) is 37.9 Å². The van der Waals surface area contributed by atoms with Gasteiger partial charge in [-0.1, -0.05) is 30.3 Å². The van der Waals surface area contributed by atoms with Gasteiger partial charge in [-0.05, 0) is 56.0 Å². The molecule has 0 unspecified atom stereocenters. The van der Waals surface area contributed by atoms with E-state index in [1.165, 1.54) is 18.7 Å². The van der Waals surface area contributed by atoms with Crippen LogP contribution in [-0.4, -0.2) is 51.7 Å². The van der Waals surface area contributed by atoms with Gasteiger partial charge in [-0.15, -0.1) is 0 Å². The SMILES string of the molecule is CN1C(=O)C(C)(C)c2cc(S(=O)(=O)N(C)CC(=O)NCCCc3ccccc3)ccc21. The number of nitrogens with zero attached hydrogens (tertiary/aromatic N) is 2. The standard InChI is InChI=1S/C23H29N3O4S/c1-23(2)19-15-18(12-13-20(19)26(4)22(23)28)31(29,30)25(3)16-21(27)24-14-8-11-17-9-6-5-7-10-17/h5-7,9-10,12-13,15H,8,11,14,16H2,1-4H3,(H,24,27). The van der Waals surface area contributed by atoms with E-state index in [2.05, 4.69) is 5.32 Å². The molecule has 0 radical (unpaired) electrons. The Kier molecular flexibility index (Phi) is 6.52. The minimum Gasteiger partial charge on any atom is -0.355 e. The van der Waals surface area contributed by atoms with Gasteiger partial charge >= 0.3 is 0 Å². The molecule has 0 saturated heterocycles. The summed E-state index contributed by atoms with van der Waals surface area (Å²) in [6.45, 7) is 3.76. The number of carbonyl (C=O) groups excluding carboxylic acids is 2. The molecule has 31 heavy (non-hydrogen) atoms. The van der Waals surface area contributed by atoms with Crippen molar-refractivity contribution in [2.45, 2.75) is 37.0 Å². The highest BCUT2D eigenvalue weighted by Gasteiger charge is 2.43. The van der Waals surface area contributed by atoms with Crippen molar-refractivity contribution in [1.82, 2.24) is 9.62 Å². The lowest BCUT2D eigenvalue weighted by atomic mass is 9.86. The van der Waals surface area contributed by atoms with Gasteiger partial charge in [0.2, 0.25) is 21.8 Å². The zero-order valence-electron chi connectivity index (χ0n) is 18.4. The van der Waals surface area contributed by atoms with Crippen LogP contribution >= 0.6 is 0 Å². The van der Waals surface area contributed by atoms with Crippen molar-refractivity contribution in [3.8, 4) is 0 Å². The zero-order chi connectivity index (χ0) is 22.8. The Morgan fingerprint density at radius 3 is 2.48 bits per heavy atom. The molecule has 1 N–H and O–H groups in total. The molecule has 3 rings (SSSR count). The minimum atomic E-state index is -3.87. The van der Waals surface area contributed by atoms with Gasteiger partial charge in [-0.25, -0.2) is 8.42 Å². The van der Waals surface area contributed by atoms with Crippen molar-refractivity contribution < 1.29 is 18.0 Å². The van der Waals surface area contributed by atoms with Gasteiger partial charge in [0.05, 0.1) is 16.9 Å². The first-order chi connectivity index (χ1) is 14.5. The van der Waals surface area contributed by atoms with E-state index < -0.39 is 15.4 Å². The van der Waals surface area contributed by atoms with E-state index in [0.717, 1.165) is 17.1 Å². The van der Waals surface area contributed by atoms with E-state index >= 15 is 0 Å². The monoisotopic (exact) mass is 443 g/mol. The fourth-order valence-corrected chi connectivity index (χ4v) is 4.95. The molecule has 166 valence electrons. The average molecular weight is 444 g/mol. The van der Waals surface area contributed by atoms with Crippen molar-refractivity contribution >= 4 is 27.5 Å². The van der Waals surface area contributed by atoms with Crippen molar-refractivity contribution in [2.24, 2.45) is 0 Å². The van der Waals surface area contributed by atoms with Crippen molar-refractivity contribution in [2.75, 3.05) is 32.1 Å². The predicted molar refractivity (Wildman–Crippen MR) is 120 cm³/mol. The first kappa shape index (κ1) is 23.0. The normalized spacial score (nSPS) is 15.3. The van der Waals surface area contributed by atoms with Crippen LogP contribution in [0.15, 0.2) is 53.4 Å². The fourth-order valence-electron chi connectivity index (χ4n) is 3.80. The van der Waals surface area contributed by atoms with Crippen LogP contribution in [0.1, 0.15) is 31.4 Å². The third-order valence-corrected chi connectivity index (χ3v) is 7.52. The number of likely N-dealkylation sites (N-methyl/N-ethyl adjacent to an activating group) is 2. The quantitative estimate of drug-likeness (QED) is 0.635. The van der Waals surface area contributed by atoms with Crippen LogP contribution in [0.5, 0.6) is 0 Å². The van der Waals surface area contributed by atoms with Gasteiger partial charge in [0.1, 0.15) is 0 Å². The van der Waals surface area contributed by atoms with Gasteiger partial charge in [-0.2, -0.15) is 4.31 Å². The number of aryl methyl sites for hydroxylation is 1. The Labute approximate surface area is 184 Å². The van der Waals surface area contributed by atoms with Crippen LogP contribution in [0.2, 0.25) is 0 Å². The second-order valence-corrected chi connectivity index (χ2v) is 10.4. The minimum absolute atomic E-state index is 0.0711. The Morgan fingerprint density at radius 1 is 1.13 bits per heavy atom. The Morgan fingerprint density at radius 2 is 1.81 bits per heavy atom. The van der Waals surface area contributed by atoms with Crippen LogP contribution in [0.25, 0.3) is 0 Å². The summed E-state index contributed by atoms with van der Waals surface area (Å²) in [7, 11) is -0.809. The lowest BCUT2D eigenvalue weighted by Gasteiger charge is -2.19. The maximum absolute atomic E-state index is 13.0. The smallest absolute Gasteiger partial charge is 0.243 e. The number of sulfonamides is 1. The summed E-state index contributed by atoms with van der Waals surface area (Å²) in [5.41, 5.74) is 1.76. The molecule has 0 bridgehead atoms. The molecule has 0 spiro atoms. The molecule has 0 atom stereocenters. The Hall–Kier alpha value is -2.71. The van der Waals surface area contributed by atoms with Crippen LogP contribution < -0.4 is 10.2 Å². The van der Waals surface area contributed by atoms with E-state index in [4.69, 9.17) is 0 Å². The number of nitrogens with one attached hydrogen (secondary N) is 1. The van der Waals surface area contributed by atoms with E-state index in [9.17, 15) is 18.0 Å². The molecular weight excluding hydrogens is 414 g/mol. The highest BCUT2D eigenvalue weighted by atomic mass is 32.2. The topological polar surface area (TPSA) is 86.8 Å². The second kappa shape index (κ2) is 8.80. The maximum atomic E-state index is 13.0. The lowest BCUT2D eigenvalue weighted by molar-refractivity contribution is -0.122. The maximum Gasteiger partial charge on any atom is 0.243 e. The van der Waals surface area contributed by atoms with Crippen LogP contribution in [0, 0.1) is 0 Å². The average Bonchev–Trinajstić information content (AvgIpc) is 2.92. The molecule has 2 aromatic rings. The number of hydrogen-bond donors (Lipinski definition) is 1. The van der Waals surface area contributed by atoms with Crippen LogP contribution in [0.4, 0.5) is 5.69 Å². The molecule has 0 aromatic heterocycles. The largest absolute Gasteiger partial charge is 0.355 e. The van der Waals surface area contributed by atoms with E-state index in [0.29, 0.717) is 17.8 Å². The van der Waals surface area contributed by atoms with Gasteiger partial charge in [0, 0.05) is 26.3 Å². The molecular formula is C23H29N3O4S. The number of amides is 2. The molecule has 2 aromatic carbocycles. The van der Waals surface area contributed by atoms with Crippen molar-refractivity contribution in [1.29, 1.82) is 0 Å². The summed E-state index contributed by atoms with van der Waals surface area (Å²) in [6, 6.07) is 14.6. The summed E-state index contributed by atoms with van der Waals surface area (Å²) >= 11 is 0. The molecule has 1 aliphatic rings. The van der Waals surface area contributed by atoms with Gasteiger partial charge in [-0.3, -0.25) is 9.59 Å². The molecule has 8 heteroatoms. The Bertz CT molecular complexity index is 1080. The first-order valence-electron chi connectivity index (χ1n) is 10.2. The summed E-state index contributed by atoms with van der Waals surface area (Å²) in [4.78, 5) is 26.3. The number of rotatable bonds is 8. The molecule has 7 nitrogen and oxygen atoms in total. The number of anilines is 1. The molecule has 1 aliphatic heterocycles. The molecule has 0 aliphatic carbocycles. The summed E-state index contributed by atoms with van der Waals surface area (Å²) < 4.78 is 27.0. The summed E-state index contributed by atoms with van der Waals surface area (Å²) in [5.74, 6) is -0.434. The molecule has 1 heterocycles. The third-order valence-electron chi connectivity index (χ3n) is 5.72. The molecule has 2 amide bonds. The van der Waals surface area contributed by atoms with E-state index in [-0.39, 0.29) is 23.3 Å². The lowest BCUT2D eigenvalue weighted by Crippen LogP contribution is -2.38. The number of hydrogen-bond acceptors (Lipinski definition) is 4. The summed E-state index contributed by atoms with van der Waals surface area (Å²) in [6.07, 6.45) is 1.61. The third kappa shape index (κ3) is 4.65.